The fraction of sp³-hybridized carbons (Fsp3) is 0.462. The maximum absolute atomic E-state index is 8.73. The molecule has 1 saturated carbocycles. The Morgan fingerprint density at radius 2 is 2.00 bits per heavy atom. The second kappa shape index (κ2) is 3.36. The fourth-order valence-corrected chi connectivity index (χ4v) is 2.98. The van der Waals surface area contributed by atoms with Gasteiger partial charge in [-0.25, -0.2) is 0 Å². The first-order valence-electron chi connectivity index (χ1n) is 5.59. The summed E-state index contributed by atoms with van der Waals surface area (Å²) in [6, 6.07) is 10.3. The van der Waals surface area contributed by atoms with Crippen molar-refractivity contribution < 1.29 is 0 Å². The maximum Gasteiger partial charge on any atom is 0.0991 e. The van der Waals surface area contributed by atoms with Crippen LogP contribution >= 0.6 is 0 Å². The molecule has 1 aliphatic heterocycles. The Hall–Kier alpha value is -1.33. The van der Waals surface area contributed by atoms with Crippen LogP contribution in [0.15, 0.2) is 24.3 Å². The lowest BCUT2D eigenvalue weighted by Gasteiger charge is -2.40. The van der Waals surface area contributed by atoms with Crippen LogP contribution in [0.4, 0.5) is 0 Å². The number of nitrogens with one attached hydrogen (secondary N) is 1. The molecule has 3 atom stereocenters. The molecule has 2 heteroatoms. The number of nitriles is 1. The van der Waals surface area contributed by atoms with E-state index in [4.69, 9.17) is 5.26 Å². The van der Waals surface area contributed by atoms with Crippen molar-refractivity contribution in [2.75, 3.05) is 13.1 Å². The second-order valence-corrected chi connectivity index (χ2v) is 4.66. The lowest BCUT2D eigenvalue weighted by molar-refractivity contribution is 0.191. The van der Waals surface area contributed by atoms with E-state index in [1.54, 1.807) is 0 Å². The number of hydrogen-bond donors (Lipinski definition) is 1. The van der Waals surface area contributed by atoms with Gasteiger partial charge in [0.1, 0.15) is 0 Å². The van der Waals surface area contributed by atoms with Crippen LogP contribution < -0.4 is 5.32 Å². The molecule has 0 unspecified atom stereocenters. The van der Waals surface area contributed by atoms with Crippen LogP contribution in [-0.4, -0.2) is 13.1 Å². The molecule has 0 spiro atoms. The number of hydrogen-bond acceptors (Lipinski definition) is 2. The SMILES string of the molecule is N#Cc1ccc([C@@H]2C[C@H]3CNC[C@@H]32)cc1. The summed E-state index contributed by atoms with van der Waals surface area (Å²) in [5, 5.41) is 12.2. The van der Waals surface area contributed by atoms with Crippen molar-refractivity contribution in [2.24, 2.45) is 11.8 Å². The molecule has 1 N–H and O–H groups in total. The van der Waals surface area contributed by atoms with E-state index in [-0.39, 0.29) is 0 Å². The van der Waals surface area contributed by atoms with E-state index in [1.165, 1.54) is 25.1 Å². The Morgan fingerprint density at radius 3 is 2.67 bits per heavy atom. The van der Waals surface area contributed by atoms with Gasteiger partial charge in [-0.2, -0.15) is 5.26 Å². The van der Waals surface area contributed by atoms with E-state index in [0.717, 1.165) is 23.3 Å². The van der Waals surface area contributed by atoms with E-state index in [9.17, 15) is 0 Å². The highest BCUT2D eigenvalue weighted by molar-refractivity contribution is 5.34. The van der Waals surface area contributed by atoms with Crippen LogP contribution in [0.25, 0.3) is 0 Å². The predicted molar refractivity (Wildman–Crippen MR) is 58.4 cm³/mol. The lowest BCUT2D eigenvalue weighted by atomic mass is 9.64. The van der Waals surface area contributed by atoms with Gasteiger partial charge in [0, 0.05) is 0 Å². The van der Waals surface area contributed by atoms with Gasteiger partial charge in [-0.05, 0) is 55.0 Å². The minimum atomic E-state index is 0.734. The average molecular weight is 198 g/mol. The first-order valence-corrected chi connectivity index (χ1v) is 5.59. The highest BCUT2D eigenvalue weighted by Crippen LogP contribution is 2.48. The topological polar surface area (TPSA) is 35.8 Å². The van der Waals surface area contributed by atoms with E-state index in [2.05, 4.69) is 23.5 Å². The largest absolute Gasteiger partial charge is 0.316 e. The van der Waals surface area contributed by atoms with Crippen LogP contribution in [0.2, 0.25) is 0 Å². The van der Waals surface area contributed by atoms with Crippen molar-refractivity contribution in [3.8, 4) is 6.07 Å². The molecule has 1 aromatic rings. The van der Waals surface area contributed by atoms with Gasteiger partial charge in [-0.1, -0.05) is 12.1 Å². The smallest absolute Gasteiger partial charge is 0.0991 e. The normalized spacial score (nSPS) is 32.9. The van der Waals surface area contributed by atoms with Gasteiger partial charge in [0.05, 0.1) is 11.6 Å². The van der Waals surface area contributed by atoms with Crippen LogP contribution in [0, 0.1) is 23.2 Å². The van der Waals surface area contributed by atoms with Crippen molar-refractivity contribution in [1.82, 2.24) is 5.32 Å². The van der Waals surface area contributed by atoms with E-state index in [0.29, 0.717) is 0 Å². The van der Waals surface area contributed by atoms with Crippen LogP contribution in [-0.2, 0) is 0 Å². The summed E-state index contributed by atoms with van der Waals surface area (Å²) >= 11 is 0. The molecular formula is C13H14N2. The minimum Gasteiger partial charge on any atom is -0.316 e. The standard InChI is InChI=1S/C13H14N2/c14-6-9-1-3-10(4-2-9)12-5-11-7-15-8-13(11)12/h1-4,11-13,15H,5,7-8H2/t11-,12-,13-/m0/s1. The maximum atomic E-state index is 8.73. The minimum absolute atomic E-state index is 0.734. The van der Waals surface area contributed by atoms with Gasteiger partial charge in [0.15, 0.2) is 0 Å². The first-order chi connectivity index (χ1) is 7.38. The third-order valence-corrected chi connectivity index (χ3v) is 3.93. The van der Waals surface area contributed by atoms with Gasteiger partial charge in [0.25, 0.3) is 0 Å². The fourth-order valence-electron chi connectivity index (χ4n) is 2.98. The Bertz CT molecular complexity index is 402. The molecule has 2 fully saturated rings. The van der Waals surface area contributed by atoms with E-state index in [1.807, 2.05) is 12.1 Å². The van der Waals surface area contributed by atoms with Crippen LogP contribution in [0.3, 0.4) is 0 Å². The molecule has 2 nitrogen and oxygen atoms in total. The first kappa shape index (κ1) is 8.94. The molecule has 3 rings (SSSR count). The van der Waals surface area contributed by atoms with Crippen molar-refractivity contribution >= 4 is 0 Å². The zero-order valence-electron chi connectivity index (χ0n) is 8.61. The molecule has 0 radical (unpaired) electrons. The molecule has 1 saturated heterocycles. The van der Waals surface area contributed by atoms with Crippen molar-refractivity contribution in [1.29, 1.82) is 5.26 Å². The summed E-state index contributed by atoms with van der Waals surface area (Å²) in [6.07, 6.45) is 1.32. The Morgan fingerprint density at radius 1 is 1.20 bits per heavy atom. The summed E-state index contributed by atoms with van der Waals surface area (Å²) in [5.74, 6) is 2.49. The summed E-state index contributed by atoms with van der Waals surface area (Å²) in [5.41, 5.74) is 2.18. The van der Waals surface area contributed by atoms with Gasteiger partial charge >= 0.3 is 0 Å². The molecule has 0 bridgehead atoms. The molecule has 1 aliphatic carbocycles. The van der Waals surface area contributed by atoms with Gasteiger partial charge in [-0.3, -0.25) is 0 Å². The molecule has 15 heavy (non-hydrogen) atoms. The van der Waals surface area contributed by atoms with E-state index < -0.39 is 0 Å². The summed E-state index contributed by atoms with van der Waals surface area (Å²) in [7, 11) is 0. The highest BCUT2D eigenvalue weighted by Gasteiger charge is 2.44. The Labute approximate surface area is 89.9 Å². The van der Waals surface area contributed by atoms with Crippen molar-refractivity contribution in [2.45, 2.75) is 12.3 Å². The predicted octanol–water partition coefficient (Wildman–Crippen LogP) is 1.88. The molecule has 0 amide bonds. The zero-order valence-corrected chi connectivity index (χ0v) is 8.61. The summed E-state index contributed by atoms with van der Waals surface area (Å²) < 4.78 is 0. The van der Waals surface area contributed by atoms with Crippen molar-refractivity contribution in [3.63, 3.8) is 0 Å². The number of benzene rings is 1. The lowest BCUT2D eigenvalue weighted by Crippen LogP contribution is -2.33. The van der Waals surface area contributed by atoms with Crippen LogP contribution in [0.1, 0.15) is 23.5 Å². The third-order valence-electron chi connectivity index (χ3n) is 3.93. The van der Waals surface area contributed by atoms with Gasteiger partial charge in [0.2, 0.25) is 0 Å². The summed E-state index contributed by atoms with van der Waals surface area (Å²) in [4.78, 5) is 0. The zero-order chi connectivity index (χ0) is 10.3. The molecule has 1 heterocycles. The molecular weight excluding hydrogens is 184 g/mol. The second-order valence-electron chi connectivity index (χ2n) is 4.66. The quantitative estimate of drug-likeness (QED) is 0.748. The third kappa shape index (κ3) is 1.35. The van der Waals surface area contributed by atoms with Gasteiger partial charge in [-0.15, -0.1) is 0 Å². The monoisotopic (exact) mass is 198 g/mol. The number of fused-ring (bicyclic) bond motifs is 1. The van der Waals surface area contributed by atoms with Gasteiger partial charge < -0.3 is 5.32 Å². The molecule has 1 aromatic carbocycles. The highest BCUT2D eigenvalue weighted by atomic mass is 14.9. The number of nitrogens with zero attached hydrogens (tertiary/aromatic N) is 1. The van der Waals surface area contributed by atoms with Crippen molar-refractivity contribution in [3.05, 3.63) is 35.4 Å². The molecule has 76 valence electrons. The molecule has 2 aliphatic rings. The van der Waals surface area contributed by atoms with E-state index >= 15 is 0 Å². The summed E-state index contributed by atoms with van der Waals surface area (Å²) in [6.45, 7) is 2.38. The number of rotatable bonds is 1. The Balaban J connectivity index is 1.80. The average Bonchev–Trinajstić information content (AvgIpc) is 2.61. The van der Waals surface area contributed by atoms with Crippen LogP contribution in [0.5, 0.6) is 0 Å². The Kier molecular flexibility index (Phi) is 2.00. The molecule has 0 aromatic heterocycles.